The standard InChI is InChI=1S/C14H10ClN3O/c15-10-5-6-11(12(17)7-10)14(19)18-13-4-2-1-3-9(13)8-16/h1-7H,17H2,(H,18,19). The summed E-state index contributed by atoms with van der Waals surface area (Å²) in [6.07, 6.45) is 0. The first-order chi connectivity index (χ1) is 9.11. The molecule has 3 N–H and O–H groups in total. The molecule has 0 unspecified atom stereocenters. The number of hydrogen-bond acceptors (Lipinski definition) is 3. The molecule has 1 amide bonds. The summed E-state index contributed by atoms with van der Waals surface area (Å²) in [5.41, 5.74) is 7.18. The third-order valence-electron chi connectivity index (χ3n) is 2.55. The fraction of sp³-hybridized carbons (Fsp3) is 0. The van der Waals surface area contributed by atoms with Gasteiger partial charge in [0.25, 0.3) is 5.91 Å². The van der Waals surface area contributed by atoms with Crippen LogP contribution in [-0.2, 0) is 0 Å². The zero-order valence-electron chi connectivity index (χ0n) is 9.85. The average Bonchev–Trinajstić information content (AvgIpc) is 2.39. The molecule has 5 heteroatoms. The highest BCUT2D eigenvalue weighted by atomic mass is 35.5. The van der Waals surface area contributed by atoms with Gasteiger partial charge in [0.1, 0.15) is 6.07 Å². The third kappa shape index (κ3) is 2.84. The Bertz CT molecular complexity index is 677. The van der Waals surface area contributed by atoms with Crippen LogP contribution in [0.2, 0.25) is 5.02 Å². The molecule has 0 spiro atoms. The van der Waals surface area contributed by atoms with Gasteiger partial charge in [0.05, 0.1) is 16.8 Å². The topological polar surface area (TPSA) is 78.9 Å². The van der Waals surface area contributed by atoms with Gasteiger partial charge in [-0.3, -0.25) is 4.79 Å². The number of para-hydroxylation sites is 1. The van der Waals surface area contributed by atoms with Gasteiger partial charge < -0.3 is 11.1 Å². The molecule has 2 aromatic rings. The molecule has 0 aliphatic rings. The maximum absolute atomic E-state index is 12.1. The molecule has 0 aromatic heterocycles. The van der Waals surface area contributed by atoms with Crippen LogP contribution in [0.3, 0.4) is 0 Å². The number of nitriles is 1. The van der Waals surface area contributed by atoms with Gasteiger partial charge in [-0.25, -0.2) is 0 Å². The fourth-order valence-electron chi connectivity index (χ4n) is 1.62. The van der Waals surface area contributed by atoms with Crippen LogP contribution in [0.15, 0.2) is 42.5 Å². The fourth-order valence-corrected chi connectivity index (χ4v) is 1.80. The van der Waals surface area contributed by atoms with Crippen LogP contribution in [0, 0.1) is 11.3 Å². The lowest BCUT2D eigenvalue weighted by molar-refractivity contribution is 0.102. The van der Waals surface area contributed by atoms with Crippen molar-refractivity contribution in [1.29, 1.82) is 5.26 Å². The van der Waals surface area contributed by atoms with E-state index in [1.807, 2.05) is 6.07 Å². The Morgan fingerprint density at radius 3 is 2.68 bits per heavy atom. The molecule has 0 heterocycles. The lowest BCUT2D eigenvalue weighted by atomic mass is 10.1. The molecule has 0 aliphatic carbocycles. The molecule has 0 saturated carbocycles. The molecule has 0 atom stereocenters. The summed E-state index contributed by atoms with van der Waals surface area (Å²) in [4.78, 5) is 12.1. The first-order valence-electron chi connectivity index (χ1n) is 5.47. The number of hydrogen-bond donors (Lipinski definition) is 2. The number of carbonyl (C=O) groups is 1. The molecule has 0 saturated heterocycles. The van der Waals surface area contributed by atoms with E-state index in [0.717, 1.165) is 0 Å². The number of amides is 1. The van der Waals surface area contributed by atoms with E-state index in [4.69, 9.17) is 22.6 Å². The van der Waals surface area contributed by atoms with Crippen molar-refractivity contribution in [1.82, 2.24) is 0 Å². The zero-order chi connectivity index (χ0) is 13.8. The largest absolute Gasteiger partial charge is 0.398 e. The van der Waals surface area contributed by atoms with Crippen LogP contribution >= 0.6 is 11.6 Å². The highest BCUT2D eigenvalue weighted by molar-refractivity contribution is 6.31. The van der Waals surface area contributed by atoms with Crippen molar-refractivity contribution < 1.29 is 4.79 Å². The van der Waals surface area contributed by atoms with Crippen molar-refractivity contribution in [2.24, 2.45) is 0 Å². The Morgan fingerprint density at radius 1 is 1.26 bits per heavy atom. The third-order valence-corrected chi connectivity index (χ3v) is 2.79. The highest BCUT2D eigenvalue weighted by Gasteiger charge is 2.11. The van der Waals surface area contributed by atoms with E-state index in [1.165, 1.54) is 6.07 Å². The molecule has 2 rings (SSSR count). The second kappa shape index (κ2) is 5.42. The second-order valence-electron chi connectivity index (χ2n) is 3.84. The quantitative estimate of drug-likeness (QED) is 0.824. The monoisotopic (exact) mass is 271 g/mol. The van der Waals surface area contributed by atoms with Crippen molar-refractivity contribution in [2.45, 2.75) is 0 Å². The molecule has 4 nitrogen and oxygen atoms in total. The number of nitrogens with one attached hydrogen (secondary N) is 1. The molecule has 0 aliphatic heterocycles. The summed E-state index contributed by atoms with van der Waals surface area (Å²) >= 11 is 5.77. The van der Waals surface area contributed by atoms with Crippen LogP contribution in [0.4, 0.5) is 11.4 Å². The molecule has 0 fully saturated rings. The molecular formula is C14H10ClN3O. The summed E-state index contributed by atoms with van der Waals surface area (Å²) in [5.74, 6) is -0.378. The van der Waals surface area contributed by atoms with Crippen molar-refractivity contribution in [3.8, 4) is 6.07 Å². The average molecular weight is 272 g/mol. The highest BCUT2D eigenvalue weighted by Crippen LogP contribution is 2.20. The van der Waals surface area contributed by atoms with E-state index in [-0.39, 0.29) is 5.91 Å². The maximum atomic E-state index is 12.1. The van der Waals surface area contributed by atoms with Gasteiger partial charge in [-0.1, -0.05) is 23.7 Å². The minimum Gasteiger partial charge on any atom is -0.398 e. The summed E-state index contributed by atoms with van der Waals surface area (Å²) in [6.45, 7) is 0. The van der Waals surface area contributed by atoms with Gasteiger partial charge in [0, 0.05) is 10.7 Å². The minimum absolute atomic E-state index is 0.291. The first kappa shape index (κ1) is 12.9. The zero-order valence-corrected chi connectivity index (χ0v) is 10.6. The van der Waals surface area contributed by atoms with E-state index >= 15 is 0 Å². The lowest BCUT2D eigenvalue weighted by Crippen LogP contribution is -2.14. The molecule has 2 aromatic carbocycles. The summed E-state index contributed by atoms with van der Waals surface area (Å²) < 4.78 is 0. The van der Waals surface area contributed by atoms with E-state index in [1.54, 1.807) is 36.4 Å². The minimum atomic E-state index is -0.378. The van der Waals surface area contributed by atoms with Gasteiger partial charge in [0.2, 0.25) is 0 Å². The lowest BCUT2D eigenvalue weighted by Gasteiger charge is -2.08. The molecule has 94 valence electrons. The van der Waals surface area contributed by atoms with Gasteiger partial charge in [-0.05, 0) is 30.3 Å². The summed E-state index contributed by atoms with van der Waals surface area (Å²) in [5, 5.41) is 12.1. The number of nitrogens with two attached hydrogens (primary N) is 1. The van der Waals surface area contributed by atoms with Crippen molar-refractivity contribution >= 4 is 28.9 Å². The normalized spacial score (nSPS) is 9.68. The maximum Gasteiger partial charge on any atom is 0.257 e. The second-order valence-corrected chi connectivity index (χ2v) is 4.28. The van der Waals surface area contributed by atoms with Crippen LogP contribution in [0.5, 0.6) is 0 Å². The number of rotatable bonds is 2. The number of benzene rings is 2. The van der Waals surface area contributed by atoms with Crippen LogP contribution in [-0.4, -0.2) is 5.91 Å². The Morgan fingerprint density at radius 2 is 2.00 bits per heavy atom. The molecule has 0 bridgehead atoms. The SMILES string of the molecule is N#Cc1ccccc1NC(=O)c1ccc(Cl)cc1N. The summed E-state index contributed by atoms with van der Waals surface area (Å²) in [6, 6.07) is 13.4. The molecule has 0 radical (unpaired) electrons. The predicted molar refractivity (Wildman–Crippen MR) is 75.0 cm³/mol. The number of nitrogens with zero attached hydrogens (tertiary/aromatic N) is 1. The number of anilines is 2. The number of nitrogen functional groups attached to an aromatic ring is 1. The van der Waals surface area contributed by atoms with Crippen LogP contribution < -0.4 is 11.1 Å². The van der Waals surface area contributed by atoms with E-state index in [0.29, 0.717) is 27.5 Å². The number of carbonyl (C=O) groups excluding carboxylic acids is 1. The summed E-state index contributed by atoms with van der Waals surface area (Å²) in [7, 11) is 0. The van der Waals surface area contributed by atoms with Gasteiger partial charge in [-0.15, -0.1) is 0 Å². The molecular weight excluding hydrogens is 262 g/mol. The Balaban J connectivity index is 2.29. The first-order valence-corrected chi connectivity index (χ1v) is 5.85. The van der Waals surface area contributed by atoms with Crippen molar-refractivity contribution in [3.63, 3.8) is 0 Å². The van der Waals surface area contributed by atoms with Crippen molar-refractivity contribution in [2.75, 3.05) is 11.1 Å². The van der Waals surface area contributed by atoms with E-state index < -0.39 is 0 Å². The Kier molecular flexibility index (Phi) is 3.69. The Labute approximate surface area is 115 Å². The van der Waals surface area contributed by atoms with E-state index in [2.05, 4.69) is 5.32 Å². The van der Waals surface area contributed by atoms with Gasteiger partial charge in [0.15, 0.2) is 0 Å². The predicted octanol–water partition coefficient (Wildman–Crippen LogP) is 3.05. The van der Waals surface area contributed by atoms with Crippen LogP contribution in [0.25, 0.3) is 0 Å². The van der Waals surface area contributed by atoms with E-state index in [9.17, 15) is 4.79 Å². The smallest absolute Gasteiger partial charge is 0.257 e. The van der Waals surface area contributed by atoms with Crippen molar-refractivity contribution in [3.05, 3.63) is 58.6 Å². The van der Waals surface area contributed by atoms with Gasteiger partial charge in [-0.2, -0.15) is 5.26 Å². The van der Waals surface area contributed by atoms with Crippen LogP contribution in [0.1, 0.15) is 15.9 Å². The van der Waals surface area contributed by atoms with Gasteiger partial charge >= 0.3 is 0 Å². The Hall–Kier alpha value is -2.51. The molecule has 19 heavy (non-hydrogen) atoms. The number of halogens is 1.